The second kappa shape index (κ2) is 6.06. The summed E-state index contributed by atoms with van der Waals surface area (Å²) in [6.45, 7) is 0.630. The summed E-state index contributed by atoms with van der Waals surface area (Å²) in [7, 11) is 0. The first-order valence-electron chi connectivity index (χ1n) is 7.20. The third kappa shape index (κ3) is 2.80. The highest BCUT2D eigenvalue weighted by Gasteiger charge is 2.05. The van der Waals surface area contributed by atoms with Crippen molar-refractivity contribution in [1.29, 1.82) is 5.26 Å². The molecule has 4 aromatic rings. The minimum atomic E-state index is 0.605. The van der Waals surface area contributed by atoms with E-state index < -0.39 is 0 Å². The number of nitriles is 1. The molecule has 0 saturated heterocycles. The van der Waals surface area contributed by atoms with Gasteiger partial charge in [0.1, 0.15) is 16.8 Å². The molecule has 0 aliphatic heterocycles. The van der Waals surface area contributed by atoms with Crippen LogP contribution in [0.3, 0.4) is 0 Å². The second-order valence-corrected chi connectivity index (χ2v) is 6.16. The molecule has 0 aliphatic carbocycles. The Hall–Kier alpha value is -3.31. The van der Waals surface area contributed by atoms with E-state index in [0.29, 0.717) is 22.9 Å². The van der Waals surface area contributed by atoms with Gasteiger partial charge in [0.2, 0.25) is 0 Å². The molecule has 0 fully saturated rings. The van der Waals surface area contributed by atoms with Crippen LogP contribution in [0.25, 0.3) is 16.1 Å². The zero-order valence-corrected chi connectivity index (χ0v) is 13.2. The van der Waals surface area contributed by atoms with Gasteiger partial charge in [-0.1, -0.05) is 18.2 Å². The summed E-state index contributed by atoms with van der Waals surface area (Å²) in [4.78, 5) is 1.80. The van der Waals surface area contributed by atoms with Crippen molar-refractivity contribution < 1.29 is 0 Å². The number of nitrogens with one attached hydrogen (secondary N) is 1. The minimum absolute atomic E-state index is 0.605. The smallest absolute Gasteiger partial charge is 0.200 e. The molecule has 0 saturated carbocycles. The van der Waals surface area contributed by atoms with Crippen LogP contribution in [0.2, 0.25) is 0 Å². The molecule has 1 N–H and O–H groups in total. The maximum Gasteiger partial charge on any atom is 0.200 e. The molecule has 0 bridgehead atoms. The third-order valence-electron chi connectivity index (χ3n) is 3.47. The highest BCUT2D eigenvalue weighted by molar-refractivity contribution is 7.16. The number of aromatic nitrogens is 5. The van der Waals surface area contributed by atoms with Crippen LogP contribution >= 0.6 is 11.3 Å². The largest absolute Gasteiger partial charge is 0.365 e. The first-order chi connectivity index (χ1) is 11.8. The fourth-order valence-electron chi connectivity index (χ4n) is 2.32. The summed E-state index contributed by atoms with van der Waals surface area (Å²) in [6, 6.07) is 17.8. The van der Waals surface area contributed by atoms with Gasteiger partial charge in [-0.05, 0) is 51.9 Å². The van der Waals surface area contributed by atoms with Gasteiger partial charge in [-0.25, -0.2) is 0 Å². The molecule has 4 rings (SSSR count). The first-order valence-corrected chi connectivity index (χ1v) is 8.02. The van der Waals surface area contributed by atoms with Crippen LogP contribution in [0, 0.1) is 11.3 Å². The number of hydrogen-bond donors (Lipinski definition) is 1. The van der Waals surface area contributed by atoms with Gasteiger partial charge in [0.25, 0.3) is 0 Å². The van der Waals surface area contributed by atoms with E-state index in [4.69, 9.17) is 5.26 Å². The maximum absolute atomic E-state index is 8.95. The third-order valence-corrected chi connectivity index (χ3v) is 4.51. The van der Waals surface area contributed by atoms with Gasteiger partial charge >= 0.3 is 0 Å². The van der Waals surface area contributed by atoms with Gasteiger partial charge in [0.15, 0.2) is 5.65 Å². The zero-order chi connectivity index (χ0) is 16.4. The number of thiophene rings is 1. The monoisotopic (exact) mass is 333 g/mol. The molecule has 0 radical (unpaired) electrons. The van der Waals surface area contributed by atoms with Gasteiger partial charge in [0.05, 0.1) is 0 Å². The molecule has 0 atom stereocenters. The molecule has 7 nitrogen and oxygen atoms in total. The van der Waals surface area contributed by atoms with Crippen molar-refractivity contribution >= 4 is 22.8 Å². The van der Waals surface area contributed by atoms with Gasteiger partial charge in [-0.15, -0.1) is 26.2 Å². The topological polar surface area (TPSA) is 91.8 Å². The summed E-state index contributed by atoms with van der Waals surface area (Å²) in [6.07, 6.45) is 0. The Balaban J connectivity index is 1.52. The van der Waals surface area contributed by atoms with E-state index in [0.717, 1.165) is 16.0 Å². The average Bonchev–Trinajstić information content (AvgIpc) is 3.28. The number of benzene rings is 1. The lowest BCUT2D eigenvalue weighted by Gasteiger charge is -2.07. The van der Waals surface area contributed by atoms with Crippen molar-refractivity contribution in [3.05, 3.63) is 59.0 Å². The summed E-state index contributed by atoms with van der Waals surface area (Å²) in [5.74, 6) is 0.697. The van der Waals surface area contributed by atoms with Gasteiger partial charge < -0.3 is 5.32 Å². The molecule has 0 unspecified atom stereocenters. The molecule has 116 valence electrons. The molecule has 3 heterocycles. The summed E-state index contributed by atoms with van der Waals surface area (Å²) in [5.41, 5.74) is 2.83. The fourth-order valence-corrected chi connectivity index (χ4v) is 3.12. The Kier molecular flexibility index (Phi) is 3.61. The van der Waals surface area contributed by atoms with E-state index >= 15 is 0 Å². The summed E-state index contributed by atoms with van der Waals surface area (Å²) >= 11 is 1.49. The van der Waals surface area contributed by atoms with Crippen molar-refractivity contribution in [2.75, 3.05) is 5.32 Å². The van der Waals surface area contributed by atoms with E-state index in [1.54, 1.807) is 6.07 Å². The van der Waals surface area contributed by atoms with Gasteiger partial charge in [-0.2, -0.15) is 5.26 Å². The van der Waals surface area contributed by atoms with Gasteiger partial charge in [-0.3, -0.25) is 0 Å². The van der Waals surface area contributed by atoms with Crippen molar-refractivity contribution in [3.63, 3.8) is 0 Å². The number of hydrogen-bond acceptors (Lipinski definition) is 7. The van der Waals surface area contributed by atoms with Crippen LogP contribution in [0.15, 0.2) is 48.5 Å². The SMILES string of the molecule is N#Cc1ccc(-c2cccc(CNc3ccc4nnnn4n3)c2)s1. The van der Waals surface area contributed by atoms with Crippen molar-refractivity contribution in [3.8, 4) is 16.5 Å². The van der Waals surface area contributed by atoms with Crippen LogP contribution in [0.1, 0.15) is 10.4 Å². The number of nitrogens with zero attached hydrogens (tertiary/aromatic N) is 6. The zero-order valence-electron chi connectivity index (χ0n) is 12.4. The van der Waals surface area contributed by atoms with Crippen molar-refractivity contribution in [2.24, 2.45) is 0 Å². The first kappa shape index (κ1) is 14.3. The Morgan fingerprint density at radius 3 is 3.00 bits per heavy atom. The predicted molar refractivity (Wildman–Crippen MR) is 90.4 cm³/mol. The highest BCUT2D eigenvalue weighted by atomic mass is 32.1. The van der Waals surface area contributed by atoms with Crippen LogP contribution in [-0.2, 0) is 6.54 Å². The van der Waals surface area contributed by atoms with Crippen LogP contribution in [0.5, 0.6) is 0 Å². The molecule has 1 aromatic carbocycles. The fraction of sp³-hybridized carbons (Fsp3) is 0.0625. The summed E-state index contributed by atoms with van der Waals surface area (Å²) in [5, 5.41) is 27.7. The van der Waals surface area contributed by atoms with E-state index in [1.807, 2.05) is 36.4 Å². The summed E-state index contributed by atoms with van der Waals surface area (Å²) < 4.78 is 1.38. The Morgan fingerprint density at radius 1 is 1.17 bits per heavy atom. The molecule has 8 heteroatoms. The molecule has 0 amide bonds. The molecule has 0 spiro atoms. The van der Waals surface area contributed by atoms with Crippen molar-refractivity contribution in [2.45, 2.75) is 6.54 Å². The van der Waals surface area contributed by atoms with E-state index in [2.05, 4.69) is 38.1 Å². The number of rotatable bonds is 4. The molecule has 24 heavy (non-hydrogen) atoms. The number of tetrazole rings is 1. The molecule has 3 aromatic heterocycles. The maximum atomic E-state index is 8.95. The highest BCUT2D eigenvalue weighted by Crippen LogP contribution is 2.28. The second-order valence-electron chi connectivity index (χ2n) is 5.07. The lowest BCUT2D eigenvalue weighted by atomic mass is 10.1. The predicted octanol–water partition coefficient (Wildman–Crippen LogP) is 2.73. The van der Waals surface area contributed by atoms with Gasteiger partial charge in [0, 0.05) is 11.4 Å². The van der Waals surface area contributed by atoms with Crippen molar-refractivity contribution in [1.82, 2.24) is 25.3 Å². The standard InChI is InChI=1S/C16H11N7S/c17-9-13-4-5-14(24-13)12-3-1-2-11(8-12)10-18-15-6-7-16-19-21-22-23(16)20-15/h1-8H,10H2,(H,18,20). The normalized spacial score (nSPS) is 10.6. The minimum Gasteiger partial charge on any atom is -0.365 e. The Morgan fingerprint density at radius 2 is 2.12 bits per heavy atom. The quantitative estimate of drug-likeness (QED) is 0.617. The lowest BCUT2D eigenvalue weighted by Crippen LogP contribution is -2.04. The van der Waals surface area contributed by atoms with E-state index in [-0.39, 0.29) is 0 Å². The van der Waals surface area contributed by atoms with Crippen LogP contribution in [0.4, 0.5) is 5.82 Å². The molecular weight excluding hydrogens is 322 g/mol. The molecule has 0 aliphatic rings. The number of anilines is 1. The van der Waals surface area contributed by atoms with Crippen LogP contribution in [-0.4, -0.2) is 25.3 Å². The Bertz CT molecular complexity index is 1040. The Labute approximate surface area is 141 Å². The lowest BCUT2D eigenvalue weighted by molar-refractivity contribution is 0.734. The van der Waals surface area contributed by atoms with Crippen LogP contribution < -0.4 is 5.32 Å². The number of fused-ring (bicyclic) bond motifs is 1. The van der Waals surface area contributed by atoms with E-state index in [9.17, 15) is 0 Å². The van der Waals surface area contributed by atoms with E-state index in [1.165, 1.54) is 16.0 Å². The molecular formula is C16H11N7S. The average molecular weight is 333 g/mol.